The molecular formula is C125H153N9. The average molecular weight is 1780 g/mol. The largest absolute Gasteiger partial charge is 0.399 e. The highest BCUT2D eigenvalue weighted by atomic mass is 14.8. The molecule has 12 aromatic rings. The Morgan fingerprint density at radius 1 is 0.209 bits per heavy atom. The molecule has 16 bridgehead atoms. The predicted molar refractivity (Wildman–Crippen MR) is 585 cm³/mol. The molecule has 6 N–H and O–H groups in total. The molecule has 0 spiro atoms. The van der Waals surface area contributed by atoms with E-state index in [4.69, 9.17) is 25.7 Å². The quantitative estimate of drug-likeness (QED) is 0.0191. The van der Waals surface area contributed by atoms with Crippen LogP contribution in [0.3, 0.4) is 0 Å². The van der Waals surface area contributed by atoms with Gasteiger partial charge in [0.05, 0.1) is 45.6 Å². The maximum absolute atomic E-state index is 6.56. The van der Waals surface area contributed by atoms with Crippen LogP contribution in [0.1, 0.15) is 365 Å². The van der Waals surface area contributed by atoms with Gasteiger partial charge in [-0.05, 0) is 302 Å². The highest BCUT2D eigenvalue weighted by Gasteiger charge is 2.25. The van der Waals surface area contributed by atoms with E-state index < -0.39 is 0 Å². The molecule has 0 unspecified atom stereocenters. The Morgan fingerprint density at radius 3 is 0.769 bits per heavy atom. The number of hydrogen-bond donors (Lipinski definition) is 5. The van der Waals surface area contributed by atoms with Gasteiger partial charge in [0.15, 0.2) is 0 Å². The second-order valence-electron chi connectivity index (χ2n) is 39.1. The lowest BCUT2D eigenvalue weighted by molar-refractivity contribution is 0.661. The van der Waals surface area contributed by atoms with Crippen molar-refractivity contribution in [3.63, 3.8) is 0 Å². The number of nitrogens with zero attached hydrogens (tertiary/aromatic N) is 4. The third kappa shape index (κ3) is 24.5. The first-order chi connectivity index (χ1) is 65.9. The summed E-state index contributed by atoms with van der Waals surface area (Å²) in [6, 6.07) is 68.4. The Hall–Kier alpha value is -11.7. The number of anilines is 1. The van der Waals surface area contributed by atoms with Crippen LogP contribution >= 0.6 is 0 Å². The summed E-state index contributed by atoms with van der Waals surface area (Å²) >= 11 is 0. The van der Waals surface area contributed by atoms with Crippen LogP contribution in [0, 0.1) is 0 Å². The Labute approximate surface area is 804 Å². The topological polar surface area (TPSA) is 141 Å². The van der Waals surface area contributed by atoms with Gasteiger partial charge < -0.3 is 25.7 Å². The fourth-order valence-electron chi connectivity index (χ4n) is 20.9. The Balaban J connectivity index is 0.00000740. The zero-order valence-electron chi connectivity index (χ0n) is 82.2. The van der Waals surface area contributed by atoms with E-state index in [1.165, 1.54) is 252 Å². The lowest BCUT2D eigenvalue weighted by Gasteiger charge is -2.12. The first-order valence-corrected chi connectivity index (χ1v) is 52.7. The van der Waals surface area contributed by atoms with Crippen molar-refractivity contribution in [2.24, 2.45) is 0 Å². The van der Waals surface area contributed by atoms with Gasteiger partial charge in [-0.15, -0.1) is 0 Å². The molecule has 4 aliphatic rings. The van der Waals surface area contributed by atoms with E-state index in [9.17, 15) is 0 Å². The Kier molecular flexibility index (Phi) is 34.2. The number of nitrogen functional groups attached to an aromatic ring is 1. The molecule has 134 heavy (non-hydrogen) atoms. The van der Waals surface area contributed by atoms with Gasteiger partial charge in [-0.2, -0.15) is 0 Å². The molecule has 0 fully saturated rings. The Bertz CT molecular complexity index is 6230. The number of rotatable bonds is 48. The molecule has 698 valence electrons. The summed E-state index contributed by atoms with van der Waals surface area (Å²) in [7, 11) is 0. The molecule has 0 saturated carbocycles. The molecule has 0 aliphatic carbocycles. The maximum Gasteiger partial charge on any atom is 0.0737 e. The second-order valence-corrected chi connectivity index (χ2v) is 39.1. The van der Waals surface area contributed by atoms with Gasteiger partial charge >= 0.3 is 0 Å². The number of aromatic amines is 4. The van der Waals surface area contributed by atoms with Crippen molar-refractivity contribution < 1.29 is 2.85 Å². The van der Waals surface area contributed by atoms with E-state index in [0.29, 0.717) is 6.42 Å². The zero-order valence-corrected chi connectivity index (χ0v) is 82.2. The summed E-state index contributed by atoms with van der Waals surface area (Å²) in [5.74, 6) is 0. The maximum atomic E-state index is 6.56. The van der Waals surface area contributed by atoms with Crippen molar-refractivity contribution >= 4 is 98.4 Å². The van der Waals surface area contributed by atoms with E-state index in [1.54, 1.807) is 0 Å². The van der Waals surface area contributed by atoms with E-state index in [1.807, 2.05) is 12.1 Å². The Morgan fingerprint density at radius 2 is 0.455 bits per heavy atom. The van der Waals surface area contributed by atoms with Crippen LogP contribution in [0.25, 0.3) is 160 Å². The molecule has 0 saturated heterocycles. The molecule has 6 aromatic carbocycles. The molecule has 0 atom stereocenters. The highest BCUT2D eigenvalue weighted by Crippen LogP contribution is 2.43. The molecule has 4 aliphatic heterocycles. The summed E-state index contributed by atoms with van der Waals surface area (Å²) in [6.45, 7) is 18.5. The number of nitrogens with two attached hydrogens (primary N) is 1. The number of fused-ring (bicyclic) bond motifs is 16. The van der Waals surface area contributed by atoms with Crippen molar-refractivity contribution in [2.45, 2.75) is 319 Å². The normalized spacial score (nSPS) is 12.3. The third-order valence-corrected chi connectivity index (χ3v) is 28.2. The van der Waals surface area contributed by atoms with Crippen molar-refractivity contribution in [3.8, 4) is 66.8 Å². The summed E-state index contributed by atoms with van der Waals surface area (Å²) in [5, 5.41) is 0. The predicted octanol–water partition coefficient (Wildman–Crippen LogP) is 36.3. The zero-order chi connectivity index (χ0) is 92.3. The van der Waals surface area contributed by atoms with Crippen LogP contribution < -0.4 is 5.73 Å². The smallest absolute Gasteiger partial charge is 0.0737 e. The number of aryl methyl sites for hydroxylation is 8. The molecule has 6 aromatic heterocycles. The molecule has 9 heteroatoms. The molecule has 0 amide bonds. The minimum Gasteiger partial charge on any atom is -0.399 e. The van der Waals surface area contributed by atoms with E-state index in [0.717, 1.165) is 222 Å². The third-order valence-electron chi connectivity index (χ3n) is 28.2. The van der Waals surface area contributed by atoms with E-state index in [-0.39, 0.29) is 2.85 Å². The molecule has 10 heterocycles. The van der Waals surface area contributed by atoms with Gasteiger partial charge in [-0.3, -0.25) is 0 Å². The minimum absolute atomic E-state index is 0. The molecule has 0 radical (unpaired) electrons. The standard InChI is InChI=1S/C125H149N9.2H2/c1-9-17-25-33-41-88-73-89(42-34-26-18-10-2)78-98(77-88)122-108-59-57-103(127-108)86-104-58-60-109(128-104)123(99-79-90(43-35-27-19-11-3)74-91(80-99)44-36-28-20-12-4)117-70-66-111(132-117)120(110-65-69-116(122)131-110)96-51-49-87(50-52-96)85-105-106-61-63-114(129-106)124(100-81-92(45-37-29-21-13-5)75-93(82-100)46-38-30-22-14-6)118-71-67-112(133-118)121(97-53-55-102(126)56-54-97)113-68-72-119(134-113)125(115-64-62-107(105)130-115)101-83-94(47-39-31-23-15-7)76-95(84-101)48-40-32-24-16-8;;/h49-84,86,127,129,132,134H,9-48,85,126H2,1-8H3;2*1H. The number of aromatic nitrogens is 8. The lowest BCUT2D eigenvalue weighted by atomic mass is 9.94. The van der Waals surface area contributed by atoms with Gasteiger partial charge in [0.1, 0.15) is 0 Å². The van der Waals surface area contributed by atoms with E-state index in [2.05, 4.69) is 288 Å². The van der Waals surface area contributed by atoms with Crippen LogP contribution in [0.15, 0.2) is 176 Å². The van der Waals surface area contributed by atoms with Gasteiger partial charge in [-0.1, -0.05) is 319 Å². The number of hydrogen-bond acceptors (Lipinski definition) is 5. The van der Waals surface area contributed by atoms with Crippen LogP contribution in [0.4, 0.5) is 5.69 Å². The van der Waals surface area contributed by atoms with Crippen LogP contribution in [0.5, 0.6) is 0 Å². The molecule has 9 nitrogen and oxygen atoms in total. The summed E-state index contributed by atoms with van der Waals surface area (Å²) in [6.07, 6.45) is 65.9. The van der Waals surface area contributed by atoms with Crippen molar-refractivity contribution in [1.82, 2.24) is 39.9 Å². The van der Waals surface area contributed by atoms with Gasteiger partial charge in [-0.25, -0.2) is 19.9 Å². The van der Waals surface area contributed by atoms with Crippen LogP contribution in [0.2, 0.25) is 0 Å². The number of unbranched alkanes of at least 4 members (excludes halogenated alkanes) is 24. The first-order valence-electron chi connectivity index (χ1n) is 52.7. The van der Waals surface area contributed by atoms with Crippen LogP contribution in [-0.2, 0) is 57.8 Å². The number of benzene rings is 6. The summed E-state index contributed by atoms with van der Waals surface area (Å²) < 4.78 is 0. The lowest BCUT2D eigenvalue weighted by Crippen LogP contribution is -1.96. The van der Waals surface area contributed by atoms with Crippen molar-refractivity contribution in [3.05, 3.63) is 277 Å². The fraction of sp³-hybridized carbons (Fsp3) is 0.392. The minimum atomic E-state index is 0. The van der Waals surface area contributed by atoms with Crippen molar-refractivity contribution in [2.75, 3.05) is 5.73 Å². The van der Waals surface area contributed by atoms with Crippen molar-refractivity contribution in [1.29, 1.82) is 0 Å². The average Bonchev–Trinajstić information content (AvgIpc) is 1.62. The van der Waals surface area contributed by atoms with Gasteiger partial charge in [0.25, 0.3) is 0 Å². The SMILES string of the molecule is CCCCCCc1cc(CCCCCC)cc(-c2c3nc(c(-c4ccc(Cc5c6nc(c(-c7cc(CCCCCC)cc(CCCCCC)c7)c7ccc([nH]7)c(-c7ccc(N)cc7)c7nc(c(-c8cc(CCCCCC)cc(CCCCCC)c8)c8ccc5[nH]8)C=C7)C=C6)cc4)c4ccc([nH]4)c(-c4cc(CCCCCC)cc(CCCCCC)c4)c4nc(cc5ccc2[nH]5)C=C4)C=C3)c1.[HH].[HH]. The summed E-state index contributed by atoms with van der Waals surface area (Å²) in [5.41, 5.74) is 49.7. The molecular weight excluding hydrogens is 1630 g/mol. The molecule has 16 rings (SSSR count). The van der Waals surface area contributed by atoms with Crippen LogP contribution in [-0.4, -0.2) is 39.9 Å². The second kappa shape index (κ2) is 48.0. The van der Waals surface area contributed by atoms with Gasteiger partial charge in [0, 0.05) is 98.0 Å². The summed E-state index contributed by atoms with van der Waals surface area (Å²) in [4.78, 5) is 40.0. The highest BCUT2D eigenvalue weighted by molar-refractivity contribution is 6.01. The van der Waals surface area contributed by atoms with E-state index >= 15 is 0 Å². The fourth-order valence-corrected chi connectivity index (χ4v) is 20.9. The van der Waals surface area contributed by atoms with Gasteiger partial charge in [0.2, 0.25) is 0 Å². The number of H-pyrrole nitrogens is 4. The monoisotopic (exact) mass is 1780 g/mol. The first kappa shape index (κ1) is 95.5. The number of nitrogens with one attached hydrogen (secondary N) is 4.